The van der Waals surface area contributed by atoms with Crippen molar-refractivity contribution in [3.63, 3.8) is 0 Å². The first-order valence-electron chi connectivity index (χ1n) is 5.53. The van der Waals surface area contributed by atoms with Crippen molar-refractivity contribution in [3.05, 3.63) is 34.2 Å². The maximum Gasteiger partial charge on any atom is 0.254 e. The monoisotopic (exact) mass is 249 g/mol. The molecule has 0 aliphatic carbocycles. The van der Waals surface area contributed by atoms with Crippen LogP contribution in [-0.2, 0) is 4.74 Å². The summed E-state index contributed by atoms with van der Waals surface area (Å²) in [5.74, 6) is -0.270. The number of aromatic amines is 1. The number of aromatic nitrogens is 1. The fraction of sp³-hybridized carbons (Fsp3) is 0.417. The van der Waals surface area contributed by atoms with Gasteiger partial charge in [0.1, 0.15) is 0 Å². The van der Waals surface area contributed by atoms with Crippen molar-refractivity contribution >= 4 is 5.91 Å². The SMILES string of the molecule is COCCN(CCC#N)C(=O)c1cc[nH]c(=O)c1. The molecule has 0 spiro atoms. The van der Waals surface area contributed by atoms with Gasteiger partial charge < -0.3 is 14.6 Å². The van der Waals surface area contributed by atoms with Gasteiger partial charge in [-0.2, -0.15) is 5.26 Å². The highest BCUT2D eigenvalue weighted by molar-refractivity contribution is 5.94. The highest BCUT2D eigenvalue weighted by Crippen LogP contribution is 2.02. The number of nitrogens with zero attached hydrogens (tertiary/aromatic N) is 2. The van der Waals surface area contributed by atoms with Crippen LogP contribution < -0.4 is 5.56 Å². The van der Waals surface area contributed by atoms with E-state index in [0.717, 1.165) is 0 Å². The van der Waals surface area contributed by atoms with Crippen LogP contribution in [-0.4, -0.2) is 42.6 Å². The summed E-state index contributed by atoms with van der Waals surface area (Å²) >= 11 is 0. The molecule has 0 aliphatic heterocycles. The van der Waals surface area contributed by atoms with Crippen molar-refractivity contribution in [1.29, 1.82) is 5.26 Å². The number of hydrogen-bond acceptors (Lipinski definition) is 4. The third-order valence-corrected chi connectivity index (χ3v) is 2.37. The molecule has 1 heterocycles. The maximum atomic E-state index is 12.1. The molecular weight excluding hydrogens is 234 g/mol. The molecule has 0 atom stereocenters. The van der Waals surface area contributed by atoms with Crippen LogP contribution in [0.15, 0.2) is 23.1 Å². The van der Waals surface area contributed by atoms with Crippen LogP contribution in [0.4, 0.5) is 0 Å². The van der Waals surface area contributed by atoms with Gasteiger partial charge >= 0.3 is 0 Å². The summed E-state index contributed by atoms with van der Waals surface area (Å²) in [5.41, 5.74) is -0.0133. The Morgan fingerprint density at radius 1 is 1.56 bits per heavy atom. The third kappa shape index (κ3) is 4.03. The number of pyridine rings is 1. The average Bonchev–Trinajstić information content (AvgIpc) is 2.38. The molecule has 6 nitrogen and oxygen atoms in total. The second-order valence-corrected chi connectivity index (χ2v) is 3.63. The van der Waals surface area contributed by atoms with Crippen LogP contribution in [0.1, 0.15) is 16.8 Å². The summed E-state index contributed by atoms with van der Waals surface area (Å²) in [7, 11) is 1.54. The molecule has 0 aliphatic rings. The quantitative estimate of drug-likeness (QED) is 0.789. The summed E-state index contributed by atoms with van der Waals surface area (Å²) in [6.45, 7) is 1.11. The predicted octanol–water partition coefficient (Wildman–Crippen LogP) is 0.377. The number of ether oxygens (including phenoxy) is 1. The minimum Gasteiger partial charge on any atom is -0.383 e. The Hall–Kier alpha value is -2.13. The van der Waals surface area contributed by atoms with Crippen molar-refractivity contribution in [3.8, 4) is 6.07 Å². The van der Waals surface area contributed by atoms with Gasteiger partial charge in [-0.15, -0.1) is 0 Å². The molecule has 0 unspecified atom stereocenters. The lowest BCUT2D eigenvalue weighted by Crippen LogP contribution is -2.35. The summed E-state index contributed by atoms with van der Waals surface area (Å²) in [6, 6.07) is 4.77. The van der Waals surface area contributed by atoms with E-state index < -0.39 is 0 Å². The zero-order valence-corrected chi connectivity index (χ0v) is 10.2. The normalized spacial score (nSPS) is 9.78. The number of carbonyl (C=O) groups excluding carboxylic acids is 1. The second-order valence-electron chi connectivity index (χ2n) is 3.63. The van der Waals surface area contributed by atoms with E-state index in [2.05, 4.69) is 4.98 Å². The molecule has 0 saturated heterocycles. The molecule has 18 heavy (non-hydrogen) atoms. The number of nitrogens with one attached hydrogen (secondary N) is 1. The highest BCUT2D eigenvalue weighted by Gasteiger charge is 2.15. The summed E-state index contributed by atoms with van der Waals surface area (Å²) in [5, 5.41) is 8.56. The van der Waals surface area contributed by atoms with Gasteiger partial charge in [0.15, 0.2) is 0 Å². The Balaban J connectivity index is 2.80. The molecule has 1 aromatic rings. The molecule has 96 valence electrons. The van der Waals surface area contributed by atoms with Crippen LogP contribution in [0.25, 0.3) is 0 Å². The van der Waals surface area contributed by atoms with E-state index in [4.69, 9.17) is 10.00 Å². The van der Waals surface area contributed by atoms with E-state index >= 15 is 0 Å². The molecule has 1 rings (SSSR count). The maximum absolute atomic E-state index is 12.1. The van der Waals surface area contributed by atoms with Crippen LogP contribution in [0, 0.1) is 11.3 Å². The van der Waals surface area contributed by atoms with Crippen molar-refractivity contribution < 1.29 is 9.53 Å². The zero-order chi connectivity index (χ0) is 13.4. The summed E-state index contributed by atoms with van der Waals surface area (Å²) < 4.78 is 4.92. The molecule has 0 saturated carbocycles. The Morgan fingerprint density at radius 2 is 2.33 bits per heavy atom. The minimum absolute atomic E-state index is 0.249. The minimum atomic E-state index is -0.326. The van der Waals surface area contributed by atoms with Gasteiger partial charge in [0.05, 0.1) is 19.1 Å². The van der Waals surface area contributed by atoms with E-state index in [0.29, 0.717) is 25.3 Å². The Labute approximate surface area is 105 Å². The number of rotatable bonds is 6. The molecule has 1 N–H and O–H groups in total. The van der Waals surface area contributed by atoms with E-state index in [1.807, 2.05) is 6.07 Å². The largest absolute Gasteiger partial charge is 0.383 e. The van der Waals surface area contributed by atoms with Crippen molar-refractivity contribution in [2.24, 2.45) is 0 Å². The average molecular weight is 249 g/mol. The second kappa shape index (κ2) is 7.25. The van der Waals surface area contributed by atoms with Gasteiger partial charge in [0.25, 0.3) is 5.91 Å². The first-order chi connectivity index (χ1) is 8.69. The Bertz CT molecular complexity index is 490. The molecule has 1 amide bonds. The molecule has 0 fully saturated rings. The molecule has 1 aromatic heterocycles. The standard InChI is InChI=1S/C12H15N3O3/c1-18-8-7-15(6-2-4-13)12(17)10-3-5-14-11(16)9-10/h3,5,9H,2,6-8H2,1H3,(H,14,16). The van der Waals surface area contributed by atoms with Crippen LogP contribution in [0.3, 0.4) is 0 Å². The van der Waals surface area contributed by atoms with Crippen LogP contribution in [0.2, 0.25) is 0 Å². The van der Waals surface area contributed by atoms with Gasteiger partial charge in [0, 0.05) is 38.0 Å². The van der Waals surface area contributed by atoms with Gasteiger partial charge in [0.2, 0.25) is 5.56 Å². The molecule has 6 heteroatoms. The predicted molar refractivity (Wildman–Crippen MR) is 65.1 cm³/mol. The number of nitriles is 1. The zero-order valence-electron chi connectivity index (χ0n) is 10.2. The Morgan fingerprint density at radius 3 is 2.94 bits per heavy atom. The van der Waals surface area contributed by atoms with Gasteiger partial charge in [-0.05, 0) is 6.07 Å². The summed E-state index contributed by atoms with van der Waals surface area (Å²) in [6.07, 6.45) is 1.67. The van der Waals surface area contributed by atoms with E-state index in [-0.39, 0.29) is 17.9 Å². The van der Waals surface area contributed by atoms with Gasteiger partial charge in [-0.3, -0.25) is 9.59 Å². The van der Waals surface area contributed by atoms with Crippen molar-refractivity contribution in [2.75, 3.05) is 26.8 Å². The number of methoxy groups -OCH3 is 1. The van der Waals surface area contributed by atoms with Gasteiger partial charge in [-0.1, -0.05) is 0 Å². The number of amides is 1. The first kappa shape index (κ1) is 13.9. The van der Waals surface area contributed by atoms with E-state index in [1.165, 1.54) is 23.2 Å². The lowest BCUT2D eigenvalue weighted by Gasteiger charge is -2.21. The van der Waals surface area contributed by atoms with E-state index in [1.54, 1.807) is 7.11 Å². The molecule has 0 bridgehead atoms. The topological polar surface area (TPSA) is 86.2 Å². The summed E-state index contributed by atoms with van der Waals surface area (Å²) in [4.78, 5) is 27.2. The third-order valence-electron chi connectivity index (χ3n) is 2.37. The molecule has 0 radical (unpaired) electrons. The Kier molecular flexibility index (Phi) is 5.61. The first-order valence-corrected chi connectivity index (χ1v) is 5.53. The van der Waals surface area contributed by atoms with Crippen molar-refractivity contribution in [2.45, 2.75) is 6.42 Å². The smallest absolute Gasteiger partial charge is 0.254 e. The number of hydrogen-bond donors (Lipinski definition) is 1. The van der Waals surface area contributed by atoms with Crippen LogP contribution >= 0.6 is 0 Å². The highest BCUT2D eigenvalue weighted by atomic mass is 16.5. The van der Waals surface area contributed by atoms with Gasteiger partial charge in [-0.25, -0.2) is 0 Å². The van der Waals surface area contributed by atoms with Crippen molar-refractivity contribution in [1.82, 2.24) is 9.88 Å². The number of H-pyrrole nitrogens is 1. The van der Waals surface area contributed by atoms with E-state index in [9.17, 15) is 9.59 Å². The lowest BCUT2D eigenvalue weighted by atomic mass is 10.2. The van der Waals surface area contributed by atoms with Crippen LogP contribution in [0.5, 0.6) is 0 Å². The fourth-order valence-corrected chi connectivity index (χ4v) is 1.46. The lowest BCUT2D eigenvalue weighted by molar-refractivity contribution is 0.0699. The molecule has 0 aromatic carbocycles. The fourth-order valence-electron chi connectivity index (χ4n) is 1.46. The molecular formula is C12H15N3O3. The number of carbonyl (C=O) groups is 1.